The number of fused-ring (bicyclic) bond motifs is 1. The second-order valence-corrected chi connectivity index (χ2v) is 5.67. The van der Waals surface area contributed by atoms with E-state index >= 15 is 0 Å². The molecule has 1 aliphatic rings. The first-order valence-corrected chi connectivity index (χ1v) is 7.57. The zero-order valence-corrected chi connectivity index (χ0v) is 13.0. The van der Waals surface area contributed by atoms with Gasteiger partial charge in [-0.15, -0.1) is 0 Å². The van der Waals surface area contributed by atoms with Crippen LogP contribution in [0.1, 0.15) is 35.0 Å². The second-order valence-electron chi connectivity index (χ2n) is 5.67. The highest BCUT2D eigenvalue weighted by Gasteiger charge is 2.31. The maximum Gasteiger partial charge on any atom is 0.256 e. The Kier molecular flexibility index (Phi) is 4.09. The van der Waals surface area contributed by atoms with Crippen molar-refractivity contribution in [1.82, 2.24) is 9.88 Å². The molecule has 4 heteroatoms. The van der Waals surface area contributed by atoms with E-state index in [1.165, 1.54) is 5.56 Å². The summed E-state index contributed by atoms with van der Waals surface area (Å²) in [5.41, 5.74) is 2.90. The van der Waals surface area contributed by atoms with Crippen LogP contribution in [-0.2, 0) is 13.0 Å². The number of carbonyl (C=O) groups excluding carboxylic acids is 1. The minimum atomic E-state index is 0.102. The van der Waals surface area contributed by atoms with E-state index in [0.717, 1.165) is 29.8 Å². The first kappa shape index (κ1) is 14.6. The Labute approximate surface area is 130 Å². The molecule has 0 saturated carbocycles. The van der Waals surface area contributed by atoms with Crippen LogP contribution in [0.15, 0.2) is 42.6 Å². The summed E-state index contributed by atoms with van der Waals surface area (Å²) in [7, 11) is 1.67. The molecule has 0 N–H and O–H groups in total. The first-order valence-electron chi connectivity index (χ1n) is 7.57. The number of pyridine rings is 1. The van der Waals surface area contributed by atoms with Gasteiger partial charge in [0.2, 0.25) is 0 Å². The molecule has 1 amide bonds. The van der Waals surface area contributed by atoms with Crippen molar-refractivity contribution in [2.24, 2.45) is 0 Å². The van der Waals surface area contributed by atoms with Gasteiger partial charge in [0.15, 0.2) is 0 Å². The highest BCUT2D eigenvalue weighted by Crippen LogP contribution is 2.24. The second kappa shape index (κ2) is 6.18. The molecule has 0 saturated heterocycles. The van der Waals surface area contributed by atoms with Gasteiger partial charge in [-0.3, -0.25) is 9.78 Å². The van der Waals surface area contributed by atoms with Gasteiger partial charge in [0, 0.05) is 12.2 Å². The molecular weight excluding hydrogens is 276 g/mol. The maximum absolute atomic E-state index is 12.4. The molecule has 2 heterocycles. The van der Waals surface area contributed by atoms with Crippen molar-refractivity contribution >= 4 is 5.91 Å². The predicted molar refractivity (Wildman–Crippen MR) is 84.9 cm³/mol. The Morgan fingerprint density at radius 2 is 2.05 bits per heavy atom. The van der Waals surface area contributed by atoms with E-state index in [2.05, 4.69) is 24.0 Å². The molecule has 114 valence electrons. The monoisotopic (exact) mass is 296 g/mol. The topological polar surface area (TPSA) is 42.4 Å². The molecule has 4 nitrogen and oxygen atoms in total. The molecule has 2 aromatic rings. The third-order valence-corrected chi connectivity index (χ3v) is 4.24. The number of rotatable bonds is 5. The van der Waals surface area contributed by atoms with Crippen LogP contribution in [0.4, 0.5) is 0 Å². The molecule has 1 aromatic carbocycles. The van der Waals surface area contributed by atoms with Gasteiger partial charge in [0.05, 0.1) is 24.9 Å². The fourth-order valence-corrected chi connectivity index (χ4v) is 2.83. The van der Waals surface area contributed by atoms with Crippen LogP contribution >= 0.6 is 0 Å². The smallest absolute Gasteiger partial charge is 0.256 e. The van der Waals surface area contributed by atoms with Gasteiger partial charge < -0.3 is 9.64 Å². The van der Waals surface area contributed by atoms with Gasteiger partial charge >= 0.3 is 0 Å². The minimum Gasteiger partial charge on any atom is -0.497 e. The molecule has 1 aromatic heterocycles. The molecule has 1 aliphatic heterocycles. The molecule has 1 unspecified atom stereocenters. The van der Waals surface area contributed by atoms with E-state index in [1.54, 1.807) is 13.3 Å². The van der Waals surface area contributed by atoms with Gasteiger partial charge in [-0.2, -0.15) is 0 Å². The lowest BCUT2D eigenvalue weighted by atomic mass is 10.1. The summed E-state index contributed by atoms with van der Waals surface area (Å²) >= 11 is 0. The number of nitrogens with zero attached hydrogens (tertiary/aromatic N) is 2. The Morgan fingerprint density at radius 1 is 1.27 bits per heavy atom. The SMILES string of the molecule is COc1ccc(CCC(C)N2Cc3ncccc3C2=O)cc1. The number of hydrogen-bond donors (Lipinski definition) is 0. The largest absolute Gasteiger partial charge is 0.497 e. The summed E-state index contributed by atoms with van der Waals surface area (Å²) in [5.74, 6) is 0.971. The summed E-state index contributed by atoms with van der Waals surface area (Å²) in [4.78, 5) is 18.6. The van der Waals surface area contributed by atoms with Crippen LogP contribution in [0.3, 0.4) is 0 Å². The number of aryl methyl sites for hydroxylation is 1. The molecule has 3 rings (SSSR count). The van der Waals surface area contributed by atoms with Crippen molar-refractivity contribution < 1.29 is 9.53 Å². The van der Waals surface area contributed by atoms with E-state index in [9.17, 15) is 4.79 Å². The predicted octanol–water partition coefficient (Wildman–Crippen LogP) is 3.07. The molecule has 0 radical (unpaired) electrons. The van der Waals surface area contributed by atoms with Crippen molar-refractivity contribution in [3.05, 3.63) is 59.4 Å². The van der Waals surface area contributed by atoms with Gasteiger partial charge in [0.1, 0.15) is 5.75 Å². The highest BCUT2D eigenvalue weighted by atomic mass is 16.5. The van der Waals surface area contributed by atoms with Gasteiger partial charge in [0.25, 0.3) is 5.91 Å². The average Bonchev–Trinajstić information content (AvgIpc) is 2.90. The fourth-order valence-electron chi connectivity index (χ4n) is 2.83. The number of methoxy groups -OCH3 is 1. The number of ether oxygens (including phenoxy) is 1. The van der Waals surface area contributed by atoms with Crippen molar-refractivity contribution in [3.8, 4) is 5.75 Å². The molecule has 0 bridgehead atoms. The van der Waals surface area contributed by atoms with E-state index in [4.69, 9.17) is 4.74 Å². The standard InChI is InChI=1S/C18H20N2O2/c1-13(5-6-14-7-9-15(22-2)10-8-14)20-12-17-16(18(20)21)4-3-11-19-17/h3-4,7-11,13H,5-6,12H2,1-2H3. The van der Waals surface area contributed by atoms with E-state index in [0.29, 0.717) is 6.54 Å². The van der Waals surface area contributed by atoms with Crippen LogP contribution < -0.4 is 4.74 Å². The summed E-state index contributed by atoms with van der Waals surface area (Å²) in [6.07, 6.45) is 3.63. The normalized spacial score (nSPS) is 14.8. The van der Waals surface area contributed by atoms with Gasteiger partial charge in [-0.25, -0.2) is 0 Å². The number of aromatic nitrogens is 1. The van der Waals surface area contributed by atoms with Crippen LogP contribution in [0.5, 0.6) is 5.75 Å². The Bertz CT molecular complexity index is 667. The summed E-state index contributed by atoms with van der Waals surface area (Å²) in [5, 5.41) is 0. The zero-order valence-electron chi connectivity index (χ0n) is 13.0. The number of hydrogen-bond acceptors (Lipinski definition) is 3. The lowest BCUT2D eigenvalue weighted by Gasteiger charge is -2.24. The Balaban J connectivity index is 1.61. The van der Waals surface area contributed by atoms with Crippen molar-refractivity contribution in [2.75, 3.05) is 7.11 Å². The molecule has 1 atom stereocenters. The average molecular weight is 296 g/mol. The third-order valence-electron chi connectivity index (χ3n) is 4.24. The van der Waals surface area contributed by atoms with Gasteiger partial charge in [-0.05, 0) is 49.6 Å². The quantitative estimate of drug-likeness (QED) is 0.851. The number of amides is 1. The summed E-state index contributed by atoms with van der Waals surface area (Å²) in [6.45, 7) is 2.73. The molecular formula is C18H20N2O2. The fraction of sp³-hybridized carbons (Fsp3) is 0.333. The van der Waals surface area contributed by atoms with Gasteiger partial charge in [-0.1, -0.05) is 12.1 Å². The molecule has 0 aliphatic carbocycles. The lowest BCUT2D eigenvalue weighted by Crippen LogP contribution is -2.33. The number of benzene rings is 1. The van der Waals surface area contributed by atoms with Crippen LogP contribution in [0.25, 0.3) is 0 Å². The maximum atomic E-state index is 12.4. The van der Waals surface area contributed by atoms with Crippen molar-refractivity contribution in [3.63, 3.8) is 0 Å². The third kappa shape index (κ3) is 2.82. The molecule has 0 fully saturated rings. The van der Waals surface area contributed by atoms with Crippen LogP contribution in [0.2, 0.25) is 0 Å². The Hall–Kier alpha value is -2.36. The molecule has 0 spiro atoms. The molecule has 22 heavy (non-hydrogen) atoms. The van der Waals surface area contributed by atoms with Crippen molar-refractivity contribution in [1.29, 1.82) is 0 Å². The Morgan fingerprint density at radius 3 is 2.73 bits per heavy atom. The first-order chi connectivity index (χ1) is 10.7. The van der Waals surface area contributed by atoms with E-state index in [1.807, 2.05) is 29.2 Å². The zero-order chi connectivity index (χ0) is 15.5. The lowest BCUT2D eigenvalue weighted by molar-refractivity contribution is 0.0709. The summed E-state index contributed by atoms with van der Waals surface area (Å²) in [6, 6.07) is 12.0. The minimum absolute atomic E-state index is 0.102. The number of carbonyl (C=O) groups is 1. The van der Waals surface area contributed by atoms with Crippen LogP contribution in [0, 0.1) is 0 Å². The summed E-state index contributed by atoms with van der Waals surface area (Å²) < 4.78 is 5.17. The van der Waals surface area contributed by atoms with E-state index < -0.39 is 0 Å². The van der Waals surface area contributed by atoms with E-state index in [-0.39, 0.29) is 11.9 Å². The van der Waals surface area contributed by atoms with Crippen LogP contribution in [-0.4, -0.2) is 28.9 Å². The van der Waals surface area contributed by atoms with Crippen molar-refractivity contribution in [2.45, 2.75) is 32.4 Å². The highest BCUT2D eigenvalue weighted by molar-refractivity contribution is 5.97.